The number of benzene rings is 3. The van der Waals surface area contributed by atoms with Crippen LogP contribution in [0, 0.1) is 5.92 Å². The second kappa shape index (κ2) is 13.8. The molecule has 0 bridgehead atoms. The number of nitrogens with one attached hydrogen (secondary N) is 3. The number of carbonyl (C=O) groups excluding carboxylic acids is 3. The van der Waals surface area contributed by atoms with Crippen LogP contribution in [-0.4, -0.2) is 42.4 Å². The van der Waals surface area contributed by atoms with Crippen LogP contribution in [0.15, 0.2) is 66.7 Å². The van der Waals surface area contributed by atoms with Crippen molar-refractivity contribution < 1.29 is 37.0 Å². The van der Waals surface area contributed by atoms with Gasteiger partial charge < -0.3 is 30.0 Å². The fourth-order valence-electron chi connectivity index (χ4n) is 4.34. The molecule has 1 heterocycles. The Morgan fingerprint density at radius 3 is 2.25 bits per heavy atom. The summed E-state index contributed by atoms with van der Waals surface area (Å²) in [5.41, 5.74) is 2.62. The van der Waals surface area contributed by atoms with Crippen LogP contribution in [0.25, 0.3) is 10.9 Å². The average Bonchev–Trinajstić information content (AvgIpc) is 3.33. The maximum Gasteiger partial charge on any atom is 0.573 e. The minimum Gasteiger partial charge on any atom is -0.406 e. The highest BCUT2D eigenvalue weighted by Crippen LogP contribution is 2.27. The molecule has 3 N–H and O–H groups in total. The van der Waals surface area contributed by atoms with Gasteiger partial charge in [-0.25, -0.2) is 0 Å². The molecule has 3 amide bonds. The van der Waals surface area contributed by atoms with E-state index in [1.165, 1.54) is 19.2 Å². The van der Waals surface area contributed by atoms with E-state index < -0.39 is 23.9 Å². The van der Waals surface area contributed by atoms with E-state index in [0.29, 0.717) is 35.3 Å². The first kappa shape index (κ1) is 32.4. The number of aromatic nitrogens is 1. The maximum absolute atomic E-state index is 13.2. The summed E-state index contributed by atoms with van der Waals surface area (Å²) in [6, 6.07) is 16.5. The lowest BCUT2D eigenvalue weighted by molar-refractivity contribution is -0.274. The molecule has 0 fully saturated rings. The number of anilines is 2. The van der Waals surface area contributed by atoms with Crippen molar-refractivity contribution in [1.82, 2.24) is 9.88 Å². The Bertz CT molecular complexity index is 1670. The molecule has 4 rings (SSSR count). The molecule has 9 nitrogen and oxygen atoms in total. The number of alkyl halides is 3. The molecule has 4 aromatic rings. The molecule has 0 aliphatic heterocycles. The summed E-state index contributed by atoms with van der Waals surface area (Å²) in [7, 11) is 1.53. The maximum atomic E-state index is 13.2. The van der Waals surface area contributed by atoms with Crippen molar-refractivity contribution in [3.05, 3.63) is 88.6 Å². The van der Waals surface area contributed by atoms with E-state index in [1.807, 2.05) is 0 Å². The summed E-state index contributed by atoms with van der Waals surface area (Å²) in [6.07, 6.45) is -4.83. The molecule has 0 aliphatic carbocycles. The van der Waals surface area contributed by atoms with E-state index in [2.05, 4.69) is 20.7 Å². The third-order valence-corrected chi connectivity index (χ3v) is 6.85. The van der Waals surface area contributed by atoms with Gasteiger partial charge in [0.1, 0.15) is 11.4 Å². The van der Waals surface area contributed by atoms with E-state index in [9.17, 15) is 27.6 Å². The molecule has 3 aromatic carbocycles. The number of halogens is 4. The number of ether oxygens (including phenoxy) is 2. The topological polar surface area (TPSA) is 111 Å². The number of rotatable bonds is 11. The molecule has 0 aliphatic rings. The van der Waals surface area contributed by atoms with Gasteiger partial charge in [0.25, 0.3) is 11.8 Å². The Hall–Kier alpha value is -4.55. The summed E-state index contributed by atoms with van der Waals surface area (Å²) < 4.78 is 48.2. The quantitative estimate of drug-likeness (QED) is 0.173. The molecule has 1 aromatic heterocycles. The number of hydrogen-bond donors (Lipinski definition) is 3. The van der Waals surface area contributed by atoms with Crippen molar-refractivity contribution in [2.75, 3.05) is 24.4 Å². The van der Waals surface area contributed by atoms with Crippen LogP contribution in [0.5, 0.6) is 5.75 Å². The highest BCUT2D eigenvalue weighted by molar-refractivity contribution is 6.34. The molecular weight excluding hydrogens is 601 g/mol. The number of fused-ring (bicyclic) bond motifs is 1. The fraction of sp³-hybridized carbons (Fsp3) is 0.258. The summed E-state index contributed by atoms with van der Waals surface area (Å²) in [5.74, 6) is -1.66. The van der Waals surface area contributed by atoms with Gasteiger partial charge in [-0.2, -0.15) is 0 Å². The Balaban J connectivity index is 1.54. The van der Waals surface area contributed by atoms with E-state index >= 15 is 0 Å². The van der Waals surface area contributed by atoms with E-state index in [0.717, 1.165) is 12.1 Å². The zero-order valence-electron chi connectivity index (χ0n) is 24.0. The molecule has 13 heteroatoms. The van der Waals surface area contributed by atoms with Crippen molar-refractivity contribution in [3.8, 4) is 5.75 Å². The molecule has 0 unspecified atom stereocenters. The van der Waals surface area contributed by atoms with Crippen molar-refractivity contribution in [3.63, 3.8) is 0 Å². The molecule has 0 saturated heterocycles. The monoisotopic (exact) mass is 630 g/mol. The van der Waals surface area contributed by atoms with Crippen LogP contribution in [0.4, 0.5) is 24.5 Å². The van der Waals surface area contributed by atoms with Crippen molar-refractivity contribution >= 4 is 51.6 Å². The van der Waals surface area contributed by atoms with Crippen LogP contribution < -0.4 is 20.7 Å². The van der Waals surface area contributed by atoms with Gasteiger partial charge in [-0.3, -0.25) is 14.4 Å². The second-order valence-electron chi connectivity index (χ2n) is 10.1. The first-order valence-electron chi connectivity index (χ1n) is 13.5. The van der Waals surface area contributed by atoms with Gasteiger partial charge in [-0.15, -0.1) is 13.2 Å². The molecule has 0 spiro atoms. The largest absolute Gasteiger partial charge is 0.573 e. The Morgan fingerprint density at radius 2 is 1.59 bits per heavy atom. The van der Waals surface area contributed by atoms with E-state index in [-0.39, 0.29) is 40.3 Å². The second-order valence-corrected chi connectivity index (χ2v) is 10.5. The Kier molecular flexibility index (Phi) is 10.2. The lowest BCUT2D eigenvalue weighted by Crippen LogP contribution is -2.27. The summed E-state index contributed by atoms with van der Waals surface area (Å²) >= 11 is 6.31. The lowest BCUT2D eigenvalue weighted by atomic mass is 10.1. The summed E-state index contributed by atoms with van der Waals surface area (Å²) in [6.45, 7) is 4.45. The number of methoxy groups -OCH3 is 1. The standard InChI is InChI=1S/C31H30ClF3N4O5/c1-18(2)28(40)36-17-19-4-10-25(32)24(14-19)29(41)38-22-7-11-26-20(15-22)16-27(39(26)12-13-43-3)30(42)37-21-5-8-23(9-6-21)44-31(33,34)35/h4-11,14-16,18H,12-13,17H2,1-3H3,(H,36,40)(H,37,42)(H,38,41). The fourth-order valence-corrected chi connectivity index (χ4v) is 4.55. The van der Waals surface area contributed by atoms with Gasteiger partial charge in [0, 0.05) is 48.4 Å². The van der Waals surface area contributed by atoms with Crippen molar-refractivity contribution in [2.45, 2.75) is 33.3 Å². The Labute approximate surface area is 256 Å². The van der Waals surface area contributed by atoms with Gasteiger partial charge >= 0.3 is 6.36 Å². The van der Waals surface area contributed by atoms with Crippen LogP contribution in [0.2, 0.25) is 5.02 Å². The third-order valence-electron chi connectivity index (χ3n) is 6.52. The zero-order chi connectivity index (χ0) is 32.0. The molecule has 232 valence electrons. The van der Waals surface area contributed by atoms with Crippen LogP contribution >= 0.6 is 11.6 Å². The number of hydrogen-bond acceptors (Lipinski definition) is 5. The van der Waals surface area contributed by atoms with Crippen molar-refractivity contribution in [1.29, 1.82) is 0 Å². The lowest BCUT2D eigenvalue weighted by Gasteiger charge is -2.12. The van der Waals surface area contributed by atoms with Crippen LogP contribution in [0.1, 0.15) is 40.3 Å². The van der Waals surface area contributed by atoms with Crippen LogP contribution in [-0.2, 0) is 22.6 Å². The first-order valence-corrected chi connectivity index (χ1v) is 13.9. The molecule has 0 radical (unpaired) electrons. The smallest absolute Gasteiger partial charge is 0.406 e. The predicted molar refractivity (Wildman–Crippen MR) is 161 cm³/mol. The molecule has 0 saturated carbocycles. The highest BCUT2D eigenvalue weighted by Gasteiger charge is 2.31. The zero-order valence-corrected chi connectivity index (χ0v) is 24.8. The van der Waals surface area contributed by atoms with E-state index in [4.69, 9.17) is 16.3 Å². The average molecular weight is 631 g/mol. The number of carbonyl (C=O) groups is 3. The van der Waals surface area contributed by atoms with Gasteiger partial charge in [-0.1, -0.05) is 31.5 Å². The minimum absolute atomic E-state index is 0.113. The van der Waals surface area contributed by atoms with Gasteiger partial charge in [0.05, 0.1) is 17.2 Å². The minimum atomic E-state index is -4.83. The van der Waals surface area contributed by atoms with Crippen LogP contribution in [0.3, 0.4) is 0 Å². The van der Waals surface area contributed by atoms with Gasteiger partial charge in [-0.05, 0) is 66.2 Å². The highest BCUT2D eigenvalue weighted by atomic mass is 35.5. The van der Waals surface area contributed by atoms with E-state index in [1.54, 1.807) is 60.9 Å². The predicted octanol–water partition coefficient (Wildman–Crippen LogP) is 6.62. The number of nitrogens with zero attached hydrogens (tertiary/aromatic N) is 1. The summed E-state index contributed by atoms with van der Waals surface area (Å²) in [4.78, 5) is 38.3. The molecule has 0 atom stereocenters. The molecular formula is C31H30ClF3N4O5. The van der Waals surface area contributed by atoms with Gasteiger partial charge in [0.15, 0.2) is 0 Å². The van der Waals surface area contributed by atoms with Gasteiger partial charge in [0.2, 0.25) is 5.91 Å². The molecule has 44 heavy (non-hydrogen) atoms. The Morgan fingerprint density at radius 1 is 0.909 bits per heavy atom. The normalized spacial score (nSPS) is 11.5. The SMILES string of the molecule is COCCn1c(C(=O)Nc2ccc(OC(F)(F)F)cc2)cc2cc(NC(=O)c3cc(CNC(=O)C(C)C)ccc3Cl)ccc21. The summed E-state index contributed by atoms with van der Waals surface area (Å²) in [5, 5.41) is 9.20. The number of amides is 3. The third kappa shape index (κ3) is 8.29. The van der Waals surface area contributed by atoms with Crippen molar-refractivity contribution in [2.24, 2.45) is 5.92 Å². The first-order chi connectivity index (χ1) is 20.8.